The van der Waals surface area contributed by atoms with Gasteiger partial charge in [-0.2, -0.15) is 0 Å². The number of hydrogen-bond acceptors (Lipinski definition) is 7. The van der Waals surface area contributed by atoms with Gasteiger partial charge in [0.15, 0.2) is 5.75 Å². The van der Waals surface area contributed by atoms with E-state index in [2.05, 4.69) is 5.32 Å². The Labute approximate surface area is 249 Å². The van der Waals surface area contributed by atoms with Crippen LogP contribution in [0.5, 0.6) is 5.75 Å². The molecule has 1 aliphatic heterocycles. The first-order valence-corrected chi connectivity index (χ1v) is 14.3. The number of rotatable bonds is 10. The second-order valence-corrected chi connectivity index (χ2v) is 11.3. The number of likely N-dealkylation sites (tertiary alicyclic amines) is 1. The Morgan fingerprint density at radius 1 is 1.21 bits per heavy atom. The van der Waals surface area contributed by atoms with Crippen LogP contribution in [0.4, 0.5) is 19.0 Å². The number of nitrogens with zero attached hydrogens (tertiary/aromatic N) is 4. The summed E-state index contributed by atoms with van der Waals surface area (Å²) in [5, 5.41) is 3.74. The van der Waals surface area contributed by atoms with E-state index in [1.165, 1.54) is 23.6 Å². The van der Waals surface area contributed by atoms with E-state index in [-0.39, 0.29) is 17.0 Å². The minimum Gasteiger partial charge on any atom is -0.488 e. The Bertz CT molecular complexity index is 1550. The molecule has 1 aromatic carbocycles. The van der Waals surface area contributed by atoms with E-state index in [9.17, 15) is 18.4 Å². The fourth-order valence-electron chi connectivity index (χ4n) is 5.70. The highest BCUT2D eigenvalue weighted by molar-refractivity contribution is 5.95. The van der Waals surface area contributed by atoms with Crippen molar-refractivity contribution in [3.63, 3.8) is 0 Å². The van der Waals surface area contributed by atoms with Gasteiger partial charge in [0.25, 0.3) is 12.0 Å². The molecule has 3 heterocycles. The predicted octanol–water partition coefficient (Wildman–Crippen LogP) is 4.92. The number of carbonyl (C=O) groups is 1. The Balaban J connectivity index is 1.89. The molecule has 1 aliphatic rings. The number of piperidine rings is 1. The van der Waals surface area contributed by atoms with E-state index in [1.54, 1.807) is 39.0 Å². The van der Waals surface area contributed by atoms with Crippen LogP contribution in [0.2, 0.25) is 0 Å². The second-order valence-electron chi connectivity index (χ2n) is 11.3. The summed E-state index contributed by atoms with van der Waals surface area (Å²) in [6.45, 7) is 6.76. The molecule has 0 bridgehead atoms. The van der Waals surface area contributed by atoms with Gasteiger partial charge in [-0.25, -0.2) is 18.2 Å². The van der Waals surface area contributed by atoms with E-state index in [1.807, 2.05) is 19.0 Å². The molecule has 4 rings (SSSR count). The Kier molecular flexibility index (Phi) is 9.70. The lowest BCUT2D eigenvalue weighted by Crippen LogP contribution is -2.48. The lowest BCUT2D eigenvalue weighted by Gasteiger charge is -2.40. The molecule has 1 amide bonds. The van der Waals surface area contributed by atoms with Gasteiger partial charge in [-0.1, -0.05) is 18.2 Å². The van der Waals surface area contributed by atoms with Crippen molar-refractivity contribution in [3.8, 4) is 5.75 Å². The fourth-order valence-corrected chi connectivity index (χ4v) is 5.70. The zero-order chi connectivity index (χ0) is 31.6. The lowest BCUT2D eigenvalue weighted by atomic mass is 9.84. The number of fused-ring (bicyclic) bond motifs is 1. The zero-order valence-corrected chi connectivity index (χ0v) is 25.8. The number of anilines is 1. The summed E-state index contributed by atoms with van der Waals surface area (Å²) in [7, 11) is 7.05. The number of amides is 1. The van der Waals surface area contributed by atoms with Crippen molar-refractivity contribution in [3.05, 3.63) is 62.8 Å². The van der Waals surface area contributed by atoms with Crippen LogP contribution in [0.25, 0.3) is 10.9 Å². The minimum absolute atomic E-state index is 0.0427. The molecular formula is C31H40F3N5O4. The largest absolute Gasteiger partial charge is 0.488 e. The van der Waals surface area contributed by atoms with E-state index < -0.39 is 29.4 Å². The van der Waals surface area contributed by atoms with Gasteiger partial charge in [0.2, 0.25) is 5.91 Å². The SMILES string of the molecule is COC1(c2cc3c(N[C@H](C)c4cccc(C(F)F)c4F)nc(C)c(OCCN(C)C)c3n(C)c2=O)CCN(C(C)=O)CC1. The van der Waals surface area contributed by atoms with Gasteiger partial charge < -0.3 is 29.2 Å². The van der Waals surface area contributed by atoms with Crippen molar-refractivity contribution < 1.29 is 27.4 Å². The minimum atomic E-state index is -2.95. The van der Waals surface area contributed by atoms with Crippen molar-refractivity contribution in [2.75, 3.05) is 52.8 Å². The highest BCUT2D eigenvalue weighted by Crippen LogP contribution is 2.40. The molecule has 0 aliphatic carbocycles. The van der Waals surface area contributed by atoms with Crippen LogP contribution in [-0.4, -0.2) is 72.7 Å². The van der Waals surface area contributed by atoms with Crippen LogP contribution in [0.1, 0.15) is 61.5 Å². The number of methoxy groups -OCH3 is 1. The molecule has 234 valence electrons. The zero-order valence-electron chi connectivity index (χ0n) is 25.8. The number of carbonyl (C=O) groups excluding carboxylic acids is 1. The molecule has 12 heteroatoms. The summed E-state index contributed by atoms with van der Waals surface area (Å²) in [5.41, 5.74) is -0.444. The fraction of sp³-hybridized carbons (Fsp3) is 0.516. The third kappa shape index (κ3) is 6.35. The van der Waals surface area contributed by atoms with Crippen LogP contribution >= 0.6 is 0 Å². The standard InChI is InChI=1S/C31H40F3N5O4/c1-18(21-9-8-10-22(25(21)32)28(33)34)35-29-23-17-24(31(42-7)11-13-39(14-12-31)20(3)40)30(41)38(6)26(23)27(19(2)36-29)43-16-15-37(4)5/h8-10,17-18,28H,11-16H2,1-7H3,(H,35,36)/t18-/m1/s1. The number of benzene rings is 1. The molecule has 1 N–H and O–H groups in total. The van der Waals surface area contributed by atoms with E-state index in [4.69, 9.17) is 14.5 Å². The van der Waals surface area contributed by atoms with Crippen molar-refractivity contribution in [1.82, 2.24) is 19.4 Å². The van der Waals surface area contributed by atoms with Gasteiger partial charge in [-0.15, -0.1) is 0 Å². The third-order valence-electron chi connectivity index (χ3n) is 8.29. The number of aryl methyl sites for hydroxylation is 2. The maximum absolute atomic E-state index is 15.1. The summed E-state index contributed by atoms with van der Waals surface area (Å²) in [6.07, 6.45) is -2.12. The summed E-state index contributed by atoms with van der Waals surface area (Å²) in [4.78, 5) is 34.4. The summed E-state index contributed by atoms with van der Waals surface area (Å²) >= 11 is 0. The lowest BCUT2D eigenvalue weighted by molar-refractivity contribution is -0.135. The number of pyridine rings is 2. The second kappa shape index (κ2) is 12.9. The third-order valence-corrected chi connectivity index (χ3v) is 8.29. The number of nitrogens with one attached hydrogen (secondary N) is 1. The van der Waals surface area contributed by atoms with Crippen LogP contribution < -0.4 is 15.6 Å². The number of alkyl halides is 2. The van der Waals surface area contributed by atoms with Crippen LogP contribution in [-0.2, 0) is 22.2 Å². The Morgan fingerprint density at radius 3 is 2.44 bits per heavy atom. The smallest absolute Gasteiger partial charge is 0.266 e. The average Bonchev–Trinajstić information content (AvgIpc) is 2.96. The quantitative estimate of drug-likeness (QED) is 0.352. The predicted molar refractivity (Wildman–Crippen MR) is 159 cm³/mol. The van der Waals surface area contributed by atoms with Gasteiger partial charge in [0.1, 0.15) is 23.8 Å². The topological polar surface area (TPSA) is 88.9 Å². The highest BCUT2D eigenvalue weighted by Gasteiger charge is 2.40. The first-order valence-electron chi connectivity index (χ1n) is 14.3. The monoisotopic (exact) mass is 603 g/mol. The molecule has 0 unspecified atom stereocenters. The Hall–Kier alpha value is -3.64. The highest BCUT2D eigenvalue weighted by atomic mass is 19.3. The molecule has 2 aromatic heterocycles. The molecule has 0 radical (unpaired) electrons. The summed E-state index contributed by atoms with van der Waals surface area (Å²) < 4.78 is 55.7. The van der Waals surface area contributed by atoms with Gasteiger partial charge in [0, 0.05) is 51.7 Å². The van der Waals surface area contributed by atoms with Crippen molar-refractivity contribution in [2.24, 2.45) is 7.05 Å². The number of aromatic nitrogens is 2. The first-order chi connectivity index (χ1) is 20.3. The summed E-state index contributed by atoms with van der Waals surface area (Å²) in [6, 6.07) is 4.91. The molecule has 1 atom stereocenters. The van der Waals surface area contributed by atoms with Crippen LogP contribution in [0, 0.1) is 12.7 Å². The van der Waals surface area contributed by atoms with Crippen molar-refractivity contribution >= 4 is 22.6 Å². The first kappa shape index (κ1) is 32.3. The molecular weight excluding hydrogens is 563 g/mol. The van der Waals surface area contributed by atoms with Gasteiger partial charge >= 0.3 is 0 Å². The van der Waals surface area contributed by atoms with Gasteiger partial charge in [-0.05, 0) is 46.9 Å². The molecule has 1 saturated heterocycles. The molecule has 1 fully saturated rings. The van der Waals surface area contributed by atoms with E-state index in [0.29, 0.717) is 72.8 Å². The van der Waals surface area contributed by atoms with Gasteiger partial charge in [-0.3, -0.25) is 9.59 Å². The number of ether oxygens (including phenoxy) is 2. The number of halogens is 3. The van der Waals surface area contributed by atoms with Crippen molar-refractivity contribution in [2.45, 2.75) is 51.7 Å². The van der Waals surface area contributed by atoms with Crippen LogP contribution in [0.3, 0.4) is 0 Å². The van der Waals surface area contributed by atoms with E-state index in [0.717, 1.165) is 6.07 Å². The molecule has 43 heavy (non-hydrogen) atoms. The molecule has 9 nitrogen and oxygen atoms in total. The van der Waals surface area contributed by atoms with Crippen molar-refractivity contribution in [1.29, 1.82) is 0 Å². The van der Waals surface area contributed by atoms with Crippen LogP contribution in [0.15, 0.2) is 29.1 Å². The number of hydrogen-bond donors (Lipinski definition) is 1. The molecule has 0 saturated carbocycles. The number of likely N-dealkylation sites (N-methyl/N-ethyl adjacent to an activating group) is 1. The summed E-state index contributed by atoms with van der Waals surface area (Å²) in [5.74, 6) is -0.249. The maximum atomic E-state index is 15.1. The normalized spacial score (nSPS) is 15.8. The molecule has 3 aromatic rings. The molecule has 0 spiro atoms. The van der Waals surface area contributed by atoms with E-state index >= 15 is 4.39 Å². The van der Waals surface area contributed by atoms with Gasteiger partial charge in [0.05, 0.1) is 28.4 Å². The Morgan fingerprint density at radius 2 is 1.86 bits per heavy atom. The average molecular weight is 604 g/mol. The maximum Gasteiger partial charge on any atom is 0.266 e.